The molecule has 0 aliphatic heterocycles. The van der Waals surface area contributed by atoms with Crippen LogP contribution in [0.25, 0.3) is 0 Å². The second kappa shape index (κ2) is 10.6. The van der Waals surface area contributed by atoms with E-state index in [2.05, 4.69) is 26.0 Å². The number of anilines is 2. The number of phenolic OH excluding ortho intramolecular Hbond substituents is 1. The van der Waals surface area contributed by atoms with Crippen LogP contribution in [0.5, 0.6) is 5.75 Å². The number of carbonyl (C=O) groups excluding carboxylic acids is 2. The van der Waals surface area contributed by atoms with Crippen molar-refractivity contribution in [3.63, 3.8) is 0 Å². The number of benzene rings is 2. The number of hydrogen-bond donors (Lipinski definition) is 4. The number of halogens is 2. The molecule has 3 amide bonds. The molecule has 33 heavy (non-hydrogen) atoms. The lowest BCUT2D eigenvalue weighted by Crippen LogP contribution is -2.38. The molecule has 0 aliphatic carbocycles. The quantitative estimate of drug-likeness (QED) is 0.376. The Bertz CT molecular complexity index is 1150. The Balaban J connectivity index is 2.30. The Kier molecular flexibility index (Phi) is 8.57. The van der Waals surface area contributed by atoms with Gasteiger partial charge in [0.1, 0.15) is 10.5 Å². The molecule has 0 heterocycles. The van der Waals surface area contributed by atoms with Crippen molar-refractivity contribution in [2.75, 3.05) is 18.0 Å². The Hall–Kier alpha value is -2.54. The summed E-state index contributed by atoms with van der Waals surface area (Å²) >= 11 is 9.37. The smallest absolute Gasteiger partial charge is 0.407 e. The minimum absolute atomic E-state index is 0.0867. The van der Waals surface area contributed by atoms with Crippen molar-refractivity contribution in [2.45, 2.75) is 31.3 Å². The lowest BCUT2D eigenvalue weighted by Gasteiger charge is -2.24. The Morgan fingerprint density at radius 1 is 1.15 bits per heavy atom. The van der Waals surface area contributed by atoms with Crippen LogP contribution in [0, 0.1) is 0 Å². The first-order chi connectivity index (χ1) is 15.2. The van der Waals surface area contributed by atoms with Crippen molar-refractivity contribution in [1.82, 2.24) is 10.0 Å². The highest BCUT2D eigenvalue weighted by Gasteiger charge is 2.29. The van der Waals surface area contributed by atoms with E-state index < -0.39 is 38.4 Å². The molecular formula is C20H24BrClN4O6S. The molecule has 0 saturated heterocycles. The van der Waals surface area contributed by atoms with Crippen molar-refractivity contribution in [2.24, 2.45) is 5.73 Å². The number of nitrogens with one attached hydrogen (secondary N) is 2. The minimum atomic E-state index is -4.34. The highest BCUT2D eigenvalue weighted by molar-refractivity contribution is 9.10. The van der Waals surface area contributed by atoms with E-state index in [0.717, 1.165) is 4.90 Å². The molecule has 10 nitrogen and oxygen atoms in total. The summed E-state index contributed by atoms with van der Waals surface area (Å²) < 4.78 is 33.5. The third kappa shape index (κ3) is 6.97. The number of nitrogens with two attached hydrogens (primary N) is 1. The highest BCUT2D eigenvalue weighted by Crippen LogP contribution is 2.42. The van der Waals surface area contributed by atoms with Crippen LogP contribution in [-0.4, -0.2) is 44.3 Å². The average molecular weight is 564 g/mol. The predicted octanol–water partition coefficient (Wildman–Crippen LogP) is 3.83. The molecule has 0 atom stereocenters. The zero-order valence-electron chi connectivity index (χ0n) is 18.1. The third-order valence-corrected chi connectivity index (χ3v) is 6.60. The van der Waals surface area contributed by atoms with Crippen molar-refractivity contribution in [3.8, 4) is 5.75 Å². The fourth-order valence-electron chi connectivity index (χ4n) is 2.71. The normalized spacial score (nSPS) is 11.7. The standard InChI is InChI=1S/C20H24BrClN4O6S/c1-20(2,3)32-19(29)24-10-11-25-33(30,31)17-13(22)8-9-15(16(17)27)26(18(23)28)14-7-5-4-6-12(14)21/h4-9,25,27H,10-11H2,1-3H3,(H2,23,28)(H,24,29). The number of ether oxygens (including phenoxy) is 1. The molecular weight excluding hydrogens is 540 g/mol. The van der Waals surface area contributed by atoms with Gasteiger partial charge in [0, 0.05) is 17.6 Å². The van der Waals surface area contributed by atoms with Gasteiger partial charge < -0.3 is 20.9 Å². The SMILES string of the molecule is CC(C)(C)OC(=O)NCCNS(=O)(=O)c1c(Cl)ccc(N(C(N)=O)c2ccccc2Br)c1O. The molecule has 0 unspecified atom stereocenters. The van der Waals surface area contributed by atoms with Crippen molar-refractivity contribution in [3.05, 3.63) is 45.9 Å². The second-order valence-corrected chi connectivity index (χ2v) is 10.7. The predicted molar refractivity (Wildman–Crippen MR) is 128 cm³/mol. The first kappa shape index (κ1) is 26.7. The third-order valence-electron chi connectivity index (χ3n) is 3.97. The lowest BCUT2D eigenvalue weighted by atomic mass is 10.2. The number of primary amides is 1. The summed E-state index contributed by atoms with van der Waals surface area (Å²) in [6, 6.07) is 8.08. The fourth-order valence-corrected chi connectivity index (χ4v) is 4.83. The van der Waals surface area contributed by atoms with Gasteiger partial charge in [-0.1, -0.05) is 23.7 Å². The van der Waals surface area contributed by atoms with Gasteiger partial charge in [0.2, 0.25) is 10.0 Å². The van der Waals surface area contributed by atoms with E-state index in [4.69, 9.17) is 22.1 Å². The van der Waals surface area contributed by atoms with Crippen molar-refractivity contribution in [1.29, 1.82) is 0 Å². The summed E-state index contributed by atoms with van der Waals surface area (Å²) in [7, 11) is -4.34. The van der Waals surface area contributed by atoms with Crippen LogP contribution < -0.4 is 20.7 Å². The lowest BCUT2D eigenvalue weighted by molar-refractivity contribution is 0.0529. The molecule has 5 N–H and O–H groups in total. The molecule has 0 aromatic heterocycles. The van der Waals surface area contributed by atoms with Gasteiger partial charge in [-0.3, -0.25) is 4.90 Å². The van der Waals surface area contributed by atoms with E-state index >= 15 is 0 Å². The van der Waals surface area contributed by atoms with Crippen molar-refractivity contribution < 1.29 is 27.9 Å². The fraction of sp³-hybridized carbons (Fsp3) is 0.300. The summed E-state index contributed by atoms with van der Waals surface area (Å²) in [5.74, 6) is -0.773. The number of para-hydroxylation sites is 1. The van der Waals surface area contributed by atoms with Gasteiger partial charge in [0.05, 0.1) is 16.4 Å². The van der Waals surface area contributed by atoms with E-state index in [-0.39, 0.29) is 29.5 Å². The molecule has 2 aromatic rings. The number of alkyl carbamates (subject to hydrolysis) is 1. The van der Waals surface area contributed by atoms with Crippen molar-refractivity contribution >= 4 is 61.1 Å². The topological polar surface area (TPSA) is 151 Å². The summed E-state index contributed by atoms with van der Waals surface area (Å²) in [5.41, 5.74) is 4.90. The van der Waals surface area contributed by atoms with Crippen LogP contribution in [0.3, 0.4) is 0 Å². The number of carbonyl (C=O) groups is 2. The van der Waals surface area contributed by atoms with Gasteiger partial charge in [-0.2, -0.15) is 0 Å². The van der Waals surface area contributed by atoms with Crippen LogP contribution in [0.4, 0.5) is 21.0 Å². The molecule has 0 aliphatic rings. The maximum absolute atomic E-state index is 12.9. The Morgan fingerprint density at radius 2 is 1.79 bits per heavy atom. The monoisotopic (exact) mass is 562 g/mol. The average Bonchev–Trinajstić information content (AvgIpc) is 2.67. The largest absolute Gasteiger partial charge is 0.504 e. The first-order valence-electron chi connectivity index (χ1n) is 9.56. The summed E-state index contributed by atoms with van der Waals surface area (Å²) in [5, 5.41) is 12.9. The molecule has 0 saturated carbocycles. The van der Waals surface area contributed by atoms with Gasteiger partial charge >= 0.3 is 12.1 Å². The van der Waals surface area contributed by atoms with Crippen LogP contribution in [-0.2, 0) is 14.8 Å². The van der Waals surface area contributed by atoms with Crippen LogP contribution in [0.2, 0.25) is 5.02 Å². The molecule has 0 radical (unpaired) electrons. The Morgan fingerprint density at radius 3 is 2.36 bits per heavy atom. The molecule has 0 fully saturated rings. The number of urea groups is 1. The zero-order chi connectivity index (χ0) is 25.0. The zero-order valence-corrected chi connectivity index (χ0v) is 21.2. The van der Waals surface area contributed by atoms with Crippen LogP contribution in [0.1, 0.15) is 20.8 Å². The maximum atomic E-state index is 12.9. The van der Waals surface area contributed by atoms with E-state index in [1.165, 1.54) is 12.1 Å². The van der Waals surface area contributed by atoms with E-state index in [1.54, 1.807) is 45.0 Å². The number of amides is 3. The maximum Gasteiger partial charge on any atom is 0.407 e. The van der Waals surface area contributed by atoms with Gasteiger partial charge in [0.25, 0.3) is 0 Å². The molecule has 0 spiro atoms. The number of hydrogen-bond acceptors (Lipinski definition) is 6. The first-order valence-corrected chi connectivity index (χ1v) is 12.2. The van der Waals surface area contributed by atoms with Crippen LogP contribution in [0.15, 0.2) is 45.8 Å². The summed E-state index contributed by atoms with van der Waals surface area (Å²) in [6.45, 7) is 4.77. The molecule has 180 valence electrons. The van der Waals surface area contributed by atoms with Gasteiger partial charge in [-0.25, -0.2) is 22.7 Å². The van der Waals surface area contributed by atoms with E-state index in [0.29, 0.717) is 4.47 Å². The molecule has 0 bridgehead atoms. The van der Waals surface area contributed by atoms with Gasteiger partial charge in [0.15, 0.2) is 5.75 Å². The van der Waals surface area contributed by atoms with E-state index in [9.17, 15) is 23.1 Å². The summed E-state index contributed by atoms with van der Waals surface area (Å²) in [6.07, 6.45) is -0.713. The van der Waals surface area contributed by atoms with E-state index in [1.807, 2.05) is 0 Å². The van der Waals surface area contributed by atoms with Gasteiger partial charge in [-0.05, 0) is 61.0 Å². The second-order valence-electron chi connectivity index (χ2n) is 7.70. The number of rotatable bonds is 7. The van der Waals surface area contributed by atoms with Gasteiger partial charge in [-0.15, -0.1) is 0 Å². The summed E-state index contributed by atoms with van der Waals surface area (Å²) in [4.78, 5) is 24.2. The number of sulfonamides is 1. The highest BCUT2D eigenvalue weighted by atomic mass is 79.9. The Labute approximate surface area is 205 Å². The molecule has 2 rings (SSSR count). The number of aromatic hydroxyl groups is 1. The molecule has 13 heteroatoms. The number of phenols is 1. The number of nitrogens with zero attached hydrogens (tertiary/aromatic N) is 1. The molecule has 2 aromatic carbocycles. The van der Waals surface area contributed by atoms with Crippen LogP contribution >= 0.6 is 27.5 Å². The minimum Gasteiger partial charge on any atom is -0.504 e.